The second kappa shape index (κ2) is 4.08. The van der Waals surface area contributed by atoms with Gasteiger partial charge in [-0.25, -0.2) is 0 Å². The van der Waals surface area contributed by atoms with Gasteiger partial charge < -0.3 is 0 Å². The summed E-state index contributed by atoms with van der Waals surface area (Å²) in [6.45, 7) is 4.46. The predicted molar refractivity (Wildman–Crippen MR) is 74.0 cm³/mol. The second-order valence-electron chi connectivity index (χ2n) is 6.00. The van der Waals surface area contributed by atoms with Crippen LogP contribution in [-0.4, -0.2) is 5.78 Å². The molecule has 0 saturated heterocycles. The minimum atomic E-state index is -0.0856. The van der Waals surface area contributed by atoms with E-state index in [0.29, 0.717) is 17.6 Å². The first-order chi connectivity index (χ1) is 8.63. The van der Waals surface area contributed by atoms with Gasteiger partial charge in [-0.05, 0) is 35.8 Å². The van der Waals surface area contributed by atoms with Gasteiger partial charge in [-0.2, -0.15) is 0 Å². The zero-order valence-corrected chi connectivity index (χ0v) is 11.1. The van der Waals surface area contributed by atoms with Crippen molar-refractivity contribution in [3.8, 4) is 0 Å². The quantitative estimate of drug-likeness (QED) is 0.722. The Morgan fingerprint density at radius 2 is 1.94 bits per heavy atom. The second-order valence-corrected chi connectivity index (χ2v) is 6.00. The Morgan fingerprint density at radius 3 is 2.67 bits per heavy atom. The number of Topliss-reactive ketones (excluding diaryl/α,β-unsaturated/α-hetero) is 1. The molecule has 0 spiro atoms. The molecule has 18 heavy (non-hydrogen) atoms. The lowest BCUT2D eigenvalue weighted by Gasteiger charge is -2.39. The summed E-state index contributed by atoms with van der Waals surface area (Å²) in [6, 6.07) is 10.6. The van der Waals surface area contributed by atoms with Crippen LogP contribution >= 0.6 is 0 Å². The van der Waals surface area contributed by atoms with Gasteiger partial charge in [-0.3, -0.25) is 4.79 Å². The molecular weight excluding hydrogens is 220 g/mol. The predicted octanol–water partition coefficient (Wildman–Crippen LogP) is 4.10. The molecule has 0 aliphatic heterocycles. The first-order valence-electron chi connectivity index (χ1n) is 6.92. The molecule has 3 rings (SSSR count). The molecule has 0 amide bonds. The third-order valence-corrected chi connectivity index (χ3v) is 5.09. The monoisotopic (exact) mass is 240 g/mol. The van der Waals surface area contributed by atoms with E-state index in [1.165, 1.54) is 11.1 Å². The van der Waals surface area contributed by atoms with Gasteiger partial charge in [0, 0.05) is 11.8 Å². The molecule has 1 aromatic rings. The maximum Gasteiger partial charge on any atom is 0.139 e. The van der Waals surface area contributed by atoms with E-state index in [-0.39, 0.29) is 5.41 Å². The highest BCUT2D eigenvalue weighted by Crippen LogP contribution is 2.53. The Hall–Kier alpha value is -1.37. The van der Waals surface area contributed by atoms with Crippen LogP contribution in [0, 0.1) is 17.3 Å². The highest BCUT2D eigenvalue weighted by Gasteiger charge is 2.49. The topological polar surface area (TPSA) is 17.1 Å². The molecule has 94 valence electrons. The van der Waals surface area contributed by atoms with Gasteiger partial charge >= 0.3 is 0 Å². The standard InChI is InChI=1S/C17H20O/c1-12-14(13-6-4-3-5-7-13)10-11-17(2)15(12)8-9-16(17)18/h3-7,10,12,15H,8-9,11H2,1-2H3/t12-,15-,17+/m1/s1. The average Bonchev–Trinajstić information content (AvgIpc) is 2.68. The Bertz CT molecular complexity index is 500. The Balaban J connectivity index is 1.99. The molecule has 1 saturated carbocycles. The number of carbonyl (C=O) groups excluding carboxylic acids is 1. The van der Waals surface area contributed by atoms with Crippen molar-refractivity contribution in [2.24, 2.45) is 17.3 Å². The fourth-order valence-electron chi connectivity index (χ4n) is 3.90. The lowest BCUT2D eigenvalue weighted by Crippen LogP contribution is -2.35. The number of benzene rings is 1. The van der Waals surface area contributed by atoms with Crippen molar-refractivity contribution in [1.82, 2.24) is 0 Å². The van der Waals surface area contributed by atoms with Gasteiger partial charge in [0.15, 0.2) is 0 Å². The Labute approximate surface area is 109 Å². The van der Waals surface area contributed by atoms with E-state index in [0.717, 1.165) is 19.3 Å². The highest BCUT2D eigenvalue weighted by molar-refractivity contribution is 5.89. The zero-order valence-electron chi connectivity index (χ0n) is 11.1. The maximum absolute atomic E-state index is 12.1. The number of allylic oxidation sites excluding steroid dienone is 2. The fraction of sp³-hybridized carbons (Fsp3) is 0.471. The summed E-state index contributed by atoms with van der Waals surface area (Å²) in [7, 11) is 0. The van der Waals surface area contributed by atoms with Gasteiger partial charge in [0.25, 0.3) is 0 Å². The SMILES string of the molecule is C[C@@H]1C(c2ccccc2)=CC[C@]2(C)C(=O)CC[C@H]12. The molecule has 3 atom stereocenters. The van der Waals surface area contributed by atoms with E-state index in [4.69, 9.17) is 0 Å². The molecule has 0 N–H and O–H groups in total. The highest BCUT2D eigenvalue weighted by atomic mass is 16.1. The lowest BCUT2D eigenvalue weighted by molar-refractivity contribution is -0.126. The van der Waals surface area contributed by atoms with Crippen molar-refractivity contribution in [3.63, 3.8) is 0 Å². The van der Waals surface area contributed by atoms with Crippen molar-refractivity contribution >= 4 is 11.4 Å². The summed E-state index contributed by atoms with van der Waals surface area (Å²) in [5.74, 6) is 1.51. The summed E-state index contributed by atoms with van der Waals surface area (Å²) in [5, 5.41) is 0. The van der Waals surface area contributed by atoms with Crippen molar-refractivity contribution < 1.29 is 4.79 Å². The van der Waals surface area contributed by atoms with Gasteiger partial charge in [0.1, 0.15) is 5.78 Å². The Morgan fingerprint density at radius 1 is 1.22 bits per heavy atom. The van der Waals surface area contributed by atoms with Crippen LogP contribution in [0.5, 0.6) is 0 Å². The largest absolute Gasteiger partial charge is 0.299 e. The molecule has 0 unspecified atom stereocenters. The number of fused-ring (bicyclic) bond motifs is 1. The third-order valence-electron chi connectivity index (χ3n) is 5.09. The van der Waals surface area contributed by atoms with E-state index in [1.54, 1.807) is 0 Å². The first-order valence-corrected chi connectivity index (χ1v) is 6.92. The number of carbonyl (C=O) groups is 1. The summed E-state index contributed by atoms with van der Waals surface area (Å²) < 4.78 is 0. The smallest absolute Gasteiger partial charge is 0.139 e. The van der Waals surface area contributed by atoms with Gasteiger partial charge in [-0.15, -0.1) is 0 Å². The molecule has 1 nitrogen and oxygen atoms in total. The minimum Gasteiger partial charge on any atom is -0.299 e. The molecule has 2 aliphatic carbocycles. The Kier molecular flexibility index (Phi) is 2.65. The van der Waals surface area contributed by atoms with E-state index < -0.39 is 0 Å². The van der Waals surface area contributed by atoms with Crippen LogP contribution in [0.15, 0.2) is 36.4 Å². The van der Waals surface area contributed by atoms with Crippen LogP contribution in [-0.2, 0) is 4.79 Å². The van der Waals surface area contributed by atoms with E-state index >= 15 is 0 Å². The molecule has 0 radical (unpaired) electrons. The van der Waals surface area contributed by atoms with Crippen molar-refractivity contribution in [2.75, 3.05) is 0 Å². The molecule has 0 bridgehead atoms. The minimum absolute atomic E-state index is 0.0856. The van der Waals surface area contributed by atoms with Crippen LogP contribution in [0.25, 0.3) is 5.57 Å². The van der Waals surface area contributed by atoms with E-state index in [1.807, 2.05) is 0 Å². The van der Waals surface area contributed by atoms with Crippen LogP contribution in [0.3, 0.4) is 0 Å². The van der Waals surface area contributed by atoms with E-state index in [9.17, 15) is 4.79 Å². The van der Waals surface area contributed by atoms with Crippen LogP contribution in [0.1, 0.15) is 38.7 Å². The molecular formula is C17H20O. The summed E-state index contributed by atoms with van der Waals surface area (Å²) >= 11 is 0. The molecule has 1 fully saturated rings. The lowest BCUT2D eigenvalue weighted by atomic mass is 9.64. The van der Waals surface area contributed by atoms with Gasteiger partial charge in [0.05, 0.1) is 0 Å². The number of rotatable bonds is 1. The van der Waals surface area contributed by atoms with Crippen molar-refractivity contribution in [2.45, 2.75) is 33.1 Å². The number of ketones is 1. The first kappa shape index (κ1) is 11.7. The summed E-state index contributed by atoms with van der Waals surface area (Å²) in [6.07, 6.45) is 5.08. The maximum atomic E-state index is 12.1. The molecule has 1 heteroatoms. The number of hydrogen-bond acceptors (Lipinski definition) is 1. The molecule has 1 aromatic carbocycles. The van der Waals surface area contributed by atoms with Crippen LogP contribution in [0.4, 0.5) is 0 Å². The average molecular weight is 240 g/mol. The van der Waals surface area contributed by atoms with Crippen LogP contribution in [0.2, 0.25) is 0 Å². The fourth-order valence-corrected chi connectivity index (χ4v) is 3.90. The normalized spacial score (nSPS) is 35.2. The molecule has 2 aliphatic rings. The third kappa shape index (κ3) is 1.57. The zero-order chi connectivity index (χ0) is 12.8. The molecule has 0 aromatic heterocycles. The summed E-state index contributed by atoms with van der Waals surface area (Å²) in [4.78, 5) is 12.1. The van der Waals surface area contributed by atoms with Gasteiger partial charge in [0.2, 0.25) is 0 Å². The molecule has 0 heterocycles. The van der Waals surface area contributed by atoms with E-state index in [2.05, 4.69) is 50.3 Å². The number of hydrogen-bond donors (Lipinski definition) is 0. The van der Waals surface area contributed by atoms with Crippen LogP contribution < -0.4 is 0 Å². The van der Waals surface area contributed by atoms with Crippen molar-refractivity contribution in [3.05, 3.63) is 42.0 Å². The van der Waals surface area contributed by atoms with Crippen molar-refractivity contribution in [1.29, 1.82) is 0 Å². The summed E-state index contributed by atoms with van der Waals surface area (Å²) in [5.41, 5.74) is 2.68. The van der Waals surface area contributed by atoms with Gasteiger partial charge in [-0.1, -0.05) is 50.3 Å².